The van der Waals surface area contributed by atoms with E-state index in [1.807, 2.05) is 0 Å². The van der Waals surface area contributed by atoms with Gasteiger partial charge in [-0.15, -0.1) is 0 Å². The van der Waals surface area contributed by atoms with Crippen LogP contribution in [0.15, 0.2) is 97.2 Å². The molecule has 2 unspecified atom stereocenters. The number of allylic oxidation sites excluding steroid dienone is 16. The van der Waals surface area contributed by atoms with E-state index >= 15 is 0 Å². The highest BCUT2D eigenvalue weighted by Gasteiger charge is 2.25. The van der Waals surface area contributed by atoms with E-state index in [2.05, 4.69) is 111 Å². The molecule has 0 bridgehead atoms. The van der Waals surface area contributed by atoms with Crippen molar-refractivity contribution in [1.29, 1.82) is 0 Å². The molecule has 0 aliphatic carbocycles. The topological polar surface area (TPSA) is 117 Å². The minimum atomic E-state index is -4.29. The second kappa shape index (κ2) is 51.4. The Hall–Kier alpha value is -2.58. The van der Waals surface area contributed by atoms with Crippen LogP contribution in [0.25, 0.3) is 0 Å². The standard InChI is InChI=1S/C55H96NO7P/c1-3-5-7-9-11-13-15-17-19-21-23-24-25-26-27-28-29-31-33-35-37-39-41-43-45-47-50-60-52-54(53-62-64(58,59)61-51-49-56)63-55(57)48-46-44-42-40-38-36-34-32-30-22-20-18-16-14-12-10-8-6-4-2/h5,7,11-14,17-20,23-24,26-27,30,32,54H,3-4,6,8-10,15-16,21-22,25,28-29,31,33-53,56H2,1-2H3,(H,58,59)/b7-5-,13-11-,14-12-,19-17-,20-18-,24-23-,27-26-,32-30-. The van der Waals surface area contributed by atoms with Gasteiger partial charge in [0, 0.05) is 19.6 Å². The number of hydrogen-bond acceptors (Lipinski definition) is 7. The summed E-state index contributed by atoms with van der Waals surface area (Å²) in [5, 5.41) is 0. The predicted molar refractivity (Wildman–Crippen MR) is 274 cm³/mol. The third-order valence-electron chi connectivity index (χ3n) is 10.5. The van der Waals surface area contributed by atoms with Gasteiger partial charge in [0.1, 0.15) is 6.10 Å². The van der Waals surface area contributed by atoms with Crippen LogP contribution in [0.3, 0.4) is 0 Å². The zero-order valence-electron chi connectivity index (χ0n) is 41.0. The van der Waals surface area contributed by atoms with Gasteiger partial charge in [-0.1, -0.05) is 201 Å². The summed E-state index contributed by atoms with van der Waals surface area (Å²) in [4.78, 5) is 22.6. The van der Waals surface area contributed by atoms with Crippen molar-refractivity contribution < 1.29 is 32.8 Å². The molecule has 64 heavy (non-hydrogen) atoms. The monoisotopic (exact) mass is 914 g/mol. The molecule has 0 radical (unpaired) electrons. The smallest absolute Gasteiger partial charge is 0.457 e. The molecule has 0 aromatic carbocycles. The summed E-state index contributed by atoms with van der Waals surface area (Å²) < 4.78 is 33.6. The first-order valence-electron chi connectivity index (χ1n) is 25.7. The Bertz CT molecular complexity index is 1300. The van der Waals surface area contributed by atoms with Gasteiger partial charge >= 0.3 is 13.8 Å². The third-order valence-corrected chi connectivity index (χ3v) is 11.5. The number of rotatable bonds is 48. The molecule has 0 amide bonds. The van der Waals surface area contributed by atoms with Crippen LogP contribution in [0, 0.1) is 0 Å². The molecule has 3 N–H and O–H groups in total. The van der Waals surface area contributed by atoms with Crippen LogP contribution in [0.5, 0.6) is 0 Å². The lowest BCUT2D eigenvalue weighted by molar-refractivity contribution is -0.154. The fourth-order valence-electron chi connectivity index (χ4n) is 6.74. The fourth-order valence-corrected chi connectivity index (χ4v) is 7.50. The maximum atomic E-state index is 12.7. The zero-order valence-corrected chi connectivity index (χ0v) is 41.9. The molecular weight excluding hydrogens is 818 g/mol. The second-order valence-corrected chi connectivity index (χ2v) is 18.1. The van der Waals surface area contributed by atoms with Crippen molar-refractivity contribution in [1.82, 2.24) is 0 Å². The van der Waals surface area contributed by atoms with Crippen molar-refractivity contribution >= 4 is 13.8 Å². The van der Waals surface area contributed by atoms with Gasteiger partial charge < -0.3 is 20.1 Å². The molecular formula is C55H96NO7P. The quantitative estimate of drug-likeness (QED) is 0.0268. The second-order valence-electron chi connectivity index (χ2n) is 16.6. The SMILES string of the molecule is CC/C=C\C/C=C\C/C=C\C/C=C\C/C=C\CCCCCCCCCCCCOCC(COP(=O)(O)OCCN)OC(=O)CCCCCCCC/C=C\C/C=C\C/C=C\CCCCC. The van der Waals surface area contributed by atoms with E-state index in [1.165, 1.54) is 96.3 Å². The van der Waals surface area contributed by atoms with Crippen molar-refractivity contribution in [3.05, 3.63) is 97.2 Å². The number of carbonyl (C=O) groups excluding carboxylic acids is 1. The molecule has 9 heteroatoms. The Morgan fingerprint density at radius 1 is 0.484 bits per heavy atom. The first-order valence-corrected chi connectivity index (χ1v) is 27.2. The number of phosphoric acid groups is 1. The van der Waals surface area contributed by atoms with Crippen LogP contribution >= 0.6 is 7.82 Å². The lowest BCUT2D eigenvalue weighted by Gasteiger charge is -2.20. The molecule has 0 spiro atoms. The van der Waals surface area contributed by atoms with Crippen LogP contribution in [-0.2, 0) is 27.9 Å². The summed E-state index contributed by atoms with van der Waals surface area (Å²) in [5.74, 6) is -0.347. The first kappa shape index (κ1) is 61.4. The van der Waals surface area contributed by atoms with Gasteiger partial charge in [0.2, 0.25) is 0 Å². The molecule has 0 aromatic heterocycles. The Morgan fingerprint density at radius 3 is 1.31 bits per heavy atom. The summed E-state index contributed by atoms with van der Waals surface area (Å²) >= 11 is 0. The van der Waals surface area contributed by atoms with Crippen LogP contribution in [0.4, 0.5) is 0 Å². The molecule has 8 nitrogen and oxygen atoms in total. The summed E-state index contributed by atoms with van der Waals surface area (Å²) in [7, 11) is -4.29. The van der Waals surface area contributed by atoms with E-state index in [-0.39, 0.29) is 32.3 Å². The Labute approximate surface area is 393 Å². The van der Waals surface area contributed by atoms with Crippen LogP contribution < -0.4 is 5.73 Å². The van der Waals surface area contributed by atoms with Gasteiger partial charge in [-0.3, -0.25) is 13.8 Å². The largest absolute Gasteiger partial charge is 0.472 e. The number of nitrogens with two attached hydrogens (primary N) is 1. The molecule has 0 heterocycles. The predicted octanol–water partition coefficient (Wildman–Crippen LogP) is 16.2. The average molecular weight is 914 g/mol. The Balaban J connectivity index is 3.99. The number of esters is 1. The number of unbranched alkanes of at least 4 members (excludes halogenated alkanes) is 19. The zero-order chi connectivity index (χ0) is 46.5. The van der Waals surface area contributed by atoms with Crippen LogP contribution in [0.2, 0.25) is 0 Å². The molecule has 2 atom stereocenters. The molecule has 0 aliphatic rings. The van der Waals surface area contributed by atoms with Crippen molar-refractivity contribution in [3.8, 4) is 0 Å². The van der Waals surface area contributed by atoms with E-state index in [0.29, 0.717) is 13.0 Å². The molecule has 0 aromatic rings. The minimum Gasteiger partial charge on any atom is -0.457 e. The molecule has 0 fully saturated rings. The highest BCUT2D eigenvalue weighted by Crippen LogP contribution is 2.43. The van der Waals surface area contributed by atoms with E-state index in [9.17, 15) is 14.3 Å². The molecule has 0 saturated heterocycles. The molecule has 368 valence electrons. The van der Waals surface area contributed by atoms with Crippen LogP contribution in [-0.4, -0.2) is 49.9 Å². The number of phosphoric ester groups is 1. The van der Waals surface area contributed by atoms with Gasteiger partial charge in [0.05, 0.1) is 19.8 Å². The normalized spacial score (nSPS) is 14.1. The summed E-state index contributed by atoms with van der Waals surface area (Å²) in [6.45, 7) is 4.75. The highest BCUT2D eigenvalue weighted by molar-refractivity contribution is 7.47. The maximum absolute atomic E-state index is 12.7. The summed E-state index contributed by atoms with van der Waals surface area (Å²) in [6, 6.07) is 0. The van der Waals surface area contributed by atoms with Crippen molar-refractivity contribution in [2.75, 3.05) is 33.0 Å². The molecule has 0 rings (SSSR count). The van der Waals surface area contributed by atoms with Crippen molar-refractivity contribution in [3.63, 3.8) is 0 Å². The minimum absolute atomic E-state index is 0.0923. The molecule has 0 saturated carbocycles. The lowest BCUT2D eigenvalue weighted by atomic mass is 10.1. The van der Waals surface area contributed by atoms with Crippen molar-refractivity contribution in [2.45, 2.75) is 213 Å². The highest BCUT2D eigenvalue weighted by atomic mass is 31.2. The lowest BCUT2D eigenvalue weighted by Crippen LogP contribution is -2.28. The number of ether oxygens (including phenoxy) is 2. The van der Waals surface area contributed by atoms with Crippen molar-refractivity contribution in [2.24, 2.45) is 5.73 Å². The van der Waals surface area contributed by atoms with E-state index in [4.69, 9.17) is 24.3 Å². The Morgan fingerprint density at radius 2 is 0.875 bits per heavy atom. The van der Waals surface area contributed by atoms with E-state index < -0.39 is 13.9 Å². The van der Waals surface area contributed by atoms with E-state index in [0.717, 1.165) is 89.9 Å². The maximum Gasteiger partial charge on any atom is 0.472 e. The van der Waals surface area contributed by atoms with Gasteiger partial charge in [0.25, 0.3) is 0 Å². The summed E-state index contributed by atoms with van der Waals surface area (Å²) in [5.41, 5.74) is 5.39. The Kier molecular flexibility index (Phi) is 49.3. The fraction of sp³-hybridized carbons (Fsp3) is 0.691. The number of hydrogen-bond donors (Lipinski definition) is 2. The van der Waals surface area contributed by atoms with Gasteiger partial charge in [-0.2, -0.15) is 0 Å². The first-order chi connectivity index (χ1) is 31.4. The van der Waals surface area contributed by atoms with E-state index in [1.54, 1.807) is 0 Å². The van der Waals surface area contributed by atoms with Crippen LogP contribution in [0.1, 0.15) is 206 Å². The van der Waals surface area contributed by atoms with Gasteiger partial charge in [0.15, 0.2) is 0 Å². The molecule has 0 aliphatic heterocycles. The summed E-state index contributed by atoms with van der Waals surface area (Å²) in [6.07, 6.45) is 68.6. The van der Waals surface area contributed by atoms with Gasteiger partial charge in [-0.05, 0) is 96.3 Å². The third kappa shape index (κ3) is 50.4. The average Bonchev–Trinajstić information content (AvgIpc) is 3.29. The number of carbonyl (C=O) groups is 1. The van der Waals surface area contributed by atoms with Gasteiger partial charge in [-0.25, -0.2) is 4.57 Å².